The van der Waals surface area contributed by atoms with E-state index in [4.69, 9.17) is 9.51 Å². The first-order valence-corrected chi connectivity index (χ1v) is 22.8. The van der Waals surface area contributed by atoms with Gasteiger partial charge >= 0.3 is 11.8 Å². The van der Waals surface area contributed by atoms with Gasteiger partial charge in [0.15, 0.2) is 5.82 Å². The Kier molecular flexibility index (Phi) is 10.4. The summed E-state index contributed by atoms with van der Waals surface area (Å²) in [6.45, 7) is 14.4. The van der Waals surface area contributed by atoms with Gasteiger partial charge in [-0.05, 0) is 124 Å². The molecular formula is C50H57N9O4. The number of carbonyl (C=O) groups excluding carboxylic acids is 3. The molecule has 13 heteroatoms. The van der Waals surface area contributed by atoms with Crippen LogP contribution in [0.3, 0.4) is 0 Å². The number of fused-ring (bicyclic) bond motifs is 3. The molecule has 0 bridgehead atoms. The normalized spacial score (nSPS) is 22.3. The molecule has 63 heavy (non-hydrogen) atoms. The summed E-state index contributed by atoms with van der Waals surface area (Å²) in [5.74, 6) is 0.0827. The summed E-state index contributed by atoms with van der Waals surface area (Å²) in [4.78, 5) is 59.6. The van der Waals surface area contributed by atoms with Gasteiger partial charge in [0.2, 0.25) is 11.8 Å². The molecule has 10 rings (SSSR count). The largest absolute Gasteiger partial charge is 0.371 e. The highest BCUT2D eigenvalue weighted by molar-refractivity contribution is 6.12. The predicted octanol–water partition coefficient (Wildman–Crippen LogP) is 8.41. The second-order valence-electron chi connectivity index (χ2n) is 19.8. The Morgan fingerprint density at radius 3 is 2.35 bits per heavy atom. The topological polar surface area (TPSA) is 162 Å². The van der Waals surface area contributed by atoms with Crippen LogP contribution in [0.25, 0.3) is 33.2 Å². The van der Waals surface area contributed by atoms with Crippen molar-refractivity contribution in [2.24, 2.45) is 5.41 Å². The van der Waals surface area contributed by atoms with Gasteiger partial charge in [-0.15, -0.1) is 0 Å². The molecule has 13 nitrogen and oxygen atoms in total. The first-order chi connectivity index (χ1) is 30.3. The van der Waals surface area contributed by atoms with Crippen molar-refractivity contribution in [2.45, 2.75) is 115 Å². The van der Waals surface area contributed by atoms with E-state index < -0.39 is 5.91 Å². The molecule has 4 aliphatic rings. The zero-order valence-electron chi connectivity index (χ0n) is 37.0. The Morgan fingerprint density at radius 1 is 0.921 bits per heavy atom. The number of aromatic amines is 1. The highest BCUT2D eigenvalue weighted by Crippen LogP contribution is 2.47. The lowest BCUT2D eigenvalue weighted by Crippen LogP contribution is -2.52. The first kappa shape index (κ1) is 41.1. The van der Waals surface area contributed by atoms with E-state index in [1.807, 2.05) is 27.7 Å². The van der Waals surface area contributed by atoms with Crippen molar-refractivity contribution in [2.75, 3.05) is 31.1 Å². The van der Waals surface area contributed by atoms with Gasteiger partial charge in [-0.25, -0.2) is 9.97 Å². The second kappa shape index (κ2) is 16.0. The number of H-pyrrole nitrogens is 1. The van der Waals surface area contributed by atoms with E-state index in [9.17, 15) is 14.4 Å². The van der Waals surface area contributed by atoms with Crippen molar-refractivity contribution in [1.29, 1.82) is 0 Å². The highest BCUT2D eigenvalue weighted by atomic mass is 16.5. The third kappa shape index (κ3) is 7.89. The molecule has 3 N–H and O–H groups in total. The number of nitrogens with zero attached hydrogens (tertiary/aromatic N) is 6. The Balaban J connectivity index is 0.745. The summed E-state index contributed by atoms with van der Waals surface area (Å²) >= 11 is 0. The molecule has 3 aliphatic heterocycles. The molecule has 3 saturated heterocycles. The maximum atomic E-state index is 13.0. The van der Waals surface area contributed by atoms with Crippen LogP contribution in [0.15, 0.2) is 71.5 Å². The first-order valence-electron chi connectivity index (χ1n) is 22.8. The number of rotatable bonds is 8. The second-order valence-corrected chi connectivity index (χ2v) is 19.8. The standard InChI is InChI=1S/C50H57N9O4/c1-29-24-33(10-12-37(29)30(2)53-46(62)47-56-48(57-63-47)49(3,4)5)43-42-39-13-11-35(27-40(39)54-44(42)52-28-51-43)58-20-16-50(17-21-58)18-22-59(23-19-50)36-25-34(26-36)31-6-8-32(9-7-31)38-14-15-41(60)55-45(38)61/h6-13,24,27-28,30,34,36,38H,14-23,25-26H2,1-5H3,(H,53,62)(H,51,52,54)(H,55,60,61)/t30-,34?,36?,38+/m1/s1. The number of likely N-dealkylation sites (tertiary alicyclic amines) is 1. The number of hydrogen-bond acceptors (Lipinski definition) is 10. The van der Waals surface area contributed by atoms with Crippen LogP contribution >= 0.6 is 0 Å². The van der Waals surface area contributed by atoms with Crippen molar-refractivity contribution < 1.29 is 18.9 Å². The number of amides is 3. The fraction of sp³-hybridized carbons (Fsp3) is 0.460. The zero-order valence-corrected chi connectivity index (χ0v) is 37.0. The third-order valence-electron chi connectivity index (χ3n) is 14.7. The highest BCUT2D eigenvalue weighted by Gasteiger charge is 2.42. The van der Waals surface area contributed by atoms with Crippen LogP contribution < -0.4 is 15.5 Å². The van der Waals surface area contributed by atoms with Crippen LogP contribution in [-0.4, -0.2) is 79.9 Å². The molecule has 0 unspecified atom stereocenters. The molecule has 3 aromatic carbocycles. The Hall–Kier alpha value is -5.95. The molecule has 6 heterocycles. The minimum Gasteiger partial charge on any atom is -0.371 e. The van der Waals surface area contributed by atoms with Crippen molar-refractivity contribution in [3.05, 3.63) is 101 Å². The van der Waals surface area contributed by atoms with Crippen molar-refractivity contribution >= 4 is 45.3 Å². The van der Waals surface area contributed by atoms with Gasteiger partial charge in [0.1, 0.15) is 12.0 Å². The van der Waals surface area contributed by atoms with Gasteiger partial charge in [-0.2, -0.15) is 4.98 Å². The smallest absolute Gasteiger partial charge is 0.315 e. The zero-order chi connectivity index (χ0) is 43.6. The summed E-state index contributed by atoms with van der Waals surface area (Å²) in [5.41, 5.74) is 9.49. The van der Waals surface area contributed by atoms with Crippen LogP contribution in [0.1, 0.15) is 136 Å². The number of imide groups is 1. The Morgan fingerprint density at radius 2 is 1.65 bits per heavy atom. The van der Waals surface area contributed by atoms with Crippen molar-refractivity contribution in [1.82, 2.24) is 40.6 Å². The summed E-state index contributed by atoms with van der Waals surface area (Å²) < 4.78 is 5.27. The number of aromatic nitrogens is 5. The molecule has 1 saturated carbocycles. The number of hydrogen-bond donors (Lipinski definition) is 3. The molecule has 1 spiro atoms. The van der Waals surface area contributed by atoms with E-state index >= 15 is 0 Å². The van der Waals surface area contributed by atoms with Crippen molar-refractivity contribution in [3.63, 3.8) is 0 Å². The molecular weight excluding hydrogens is 791 g/mol. The van der Waals surface area contributed by atoms with Crippen LogP contribution in [0, 0.1) is 12.3 Å². The lowest BCUT2D eigenvalue weighted by Gasteiger charge is -2.51. The van der Waals surface area contributed by atoms with Gasteiger partial charge in [0.25, 0.3) is 0 Å². The molecule has 2 atom stereocenters. The number of nitrogens with one attached hydrogen (secondary N) is 3. The number of piperidine rings is 3. The minimum atomic E-state index is -0.399. The monoisotopic (exact) mass is 847 g/mol. The average Bonchev–Trinajstić information content (AvgIpc) is 3.91. The van der Waals surface area contributed by atoms with E-state index in [0.717, 1.165) is 63.0 Å². The summed E-state index contributed by atoms with van der Waals surface area (Å²) in [6.07, 6.45) is 10.0. The number of anilines is 1. The predicted molar refractivity (Wildman–Crippen MR) is 242 cm³/mol. The van der Waals surface area contributed by atoms with Gasteiger partial charge in [0.05, 0.1) is 23.0 Å². The Labute approximate surface area is 367 Å². The fourth-order valence-corrected chi connectivity index (χ4v) is 10.7. The summed E-state index contributed by atoms with van der Waals surface area (Å²) in [7, 11) is 0. The molecule has 326 valence electrons. The quantitative estimate of drug-likeness (QED) is 0.127. The number of benzene rings is 3. The summed E-state index contributed by atoms with van der Waals surface area (Å²) in [5, 5.41) is 11.6. The van der Waals surface area contributed by atoms with E-state index in [2.05, 4.69) is 108 Å². The minimum absolute atomic E-state index is 0.0392. The van der Waals surface area contributed by atoms with Crippen molar-refractivity contribution in [3.8, 4) is 11.3 Å². The van der Waals surface area contributed by atoms with Crippen LogP contribution in [0.4, 0.5) is 5.69 Å². The maximum absolute atomic E-state index is 13.0. The Bertz CT molecular complexity index is 2710. The van der Waals surface area contributed by atoms with E-state index in [1.165, 1.54) is 62.9 Å². The van der Waals surface area contributed by atoms with E-state index in [-0.39, 0.29) is 35.1 Å². The van der Waals surface area contributed by atoms with Gasteiger partial charge in [-0.1, -0.05) is 68.4 Å². The van der Waals surface area contributed by atoms with Gasteiger partial charge in [0, 0.05) is 53.1 Å². The third-order valence-corrected chi connectivity index (χ3v) is 14.7. The SMILES string of the molecule is Cc1cc(-c2ncnc3[nH]c4cc(N5CCC6(CC5)CCN(C5CC(c7ccc([C@@H]8CCC(=O)NC8=O)cc7)C5)CC6)ccc4c23)ccc1[C@@H](C)NC(=O)c1nc(C(C)(C)C)no1. The summed E-state index contributed by atoms with van der Waals surface area (Å²) in [6, 6.07) is 22.0. The van der Waals surface area contributed by atoms with Crippen LogP contribution in [0.2, 0.25) is 0 Å². The average molecular weight is 848 g/mol. The van der Waals surface area contributed by atoms with Gasteiger partial charge in [-0.3, -0.25) is 19.7 Å². The van der Waals surface area contributed by atoms with Crippen LogP contribution in [0.5, 0.6) is 0 Å². The van der Waals surface area contributed by atoms with E-state index in [1.54, 1.807) is 6.33 Å². The molecule has 1 aliphatic carbocycles. The molecule has 0 radical (unpaired) electrons. The molecule has 3 aromatic heterocycles. The fourth-order valence-electron chi connectivity index (χ4n) is 10.7. The molecule has 6 aromatic rings. The number of carbonyl (C=O) groups is 3. The van der Waals surface area contributed by atoms with Crippen LogP contribution in [-0.2, 0) is 15.0 Å². The molecule has 4 fully saturated rings. The lowest BCUT2D eigenvalue weighted by molar-refractivity contribution is -0.134. The number of aryl methyl sites for hydroxylation is 1. The van der Waals surface area contributed by atoms with E-state index in [0.29, 0.717) is 36.0 Å². The lowest BCUT2D eigenvalue weighted by atomic mass is 9.69. The molecule has 3 amide bonds. The van der Waals surface area contributed by atoms with Gasteiger partial charge < -0.3 is 24.6 Å². The maximum Gasteiger partial charge on any atom is 0.315 e.